The lowest BCUT2D eigenvalue weighted by molar-refractivity contribution is -0.155. The van der Waals surface area contributed by atoms with Gasteiger partial charge in [-0.3, -0.25) is 14.4 Å². The molecule has 0 radical (unpaired) electrons. The smallest absolute Gasteiger partial charge is 0.310 e. The second-order valence-corrected chi connectivity index (χ2v) is 8.60. The Morgan fingerprint density at radius 3 is 2.48 bits per heavy atom. The second-order valence-electron chi connectivity index (χ2n) is 8.60. The minimum absolute atomic E-state index is 0.0578. The third-order valence-corrected chi connectivity index (χ3v) is 6.55. The third kappa shape index (κ3) is 6.09. The predicted molar refractivity (Wildman–Crippen MR) is 119 cm³/mol. The molecular formula is C24H40N2O5. The molecule has 1 heterocycles. The quantitative estimate of drug-likeness (QED) is 0.263. The van der Waals surface area contributed by atoms with Crippen LogP contribution in [-0.2, 0) is 19.1 Å². The number of aliphatic hydroxyl groups is 1. The lowest BCUT2D eigenvalue weighted by Crippen LogP contribution is -2.47. The van der Waals surface area contributed by atoms with Gasteiger partial charge in [-0.1, -0.05) is 45.3 Å². The average molecular weight is 437 g/mol. The number of carbonyl (C=O) groups is 3. The summed E-state index contributed by atoms with van der Waals surface area (Å²) in [6.45, 7) is 7.37. The van der Waals surface area contributed by atoms with Crippen LogP contribution in [0, 0.1) is 23.7 Å². The van der Waals surface area contributed by atoms with Crippen molar-refractivity contribution in [1.29, 1.82) is 0 Å². The fourth-order valence-electron chi connectivity index (χ4n) is 4.93. The highest BCUT2D eigenvalue weighted by Gasteiger charge is 2.57. The molecule has 0 aromatic rings. The molecule has 0 bridgehead atoms. The number of fused-ring (bicyclic) bond motifs is 1. The molecule has 0 spiro atoms. The first kappa shape index (κ1) is 25.4. The van der Waals surface area contributed by atoms with Crippen molar-refractivity contribution < 1.29 is 24.2 Å². The molecule has 2 N–H and O–H groups in total. The molecule has 31 heavy (non-hydrogen) atoms. The zero-order valence-corrected chi connectivity index (χ0v) is 19.3. The number of amides is 2. The number of esters is 1. The summed E-state index contributed by atoms with van der Waals surface area (Å²) in [4.78, 5) is 41.2. The van der Waals surface area contributed by atoms with E-state index < -0.39 is 17.9 Å². The van der Waals surface area contributed by atoms with Crippen LogP contribution in [0.5, 0.6) is 0 Å². The van der Waals surface area contributed by atoms with Crippen LogP contribution in [0.3, 0.4) is 0 Å². The Kier molecular flexibility index (Phi) is 10.5. The van der Waals surface area contributed by atoms with E-state index in [4.69, 9.17) is 9.84 Å². The highest BCUT2D eigenvalue weighted by molar-refractivity contribution is 5.96. The molecule has 5 atom stereocenters. The molecule has 1 aliphatic heterocycles. The number of aliphatic hydroxyl groups excluding tert-OH is 1. The zero-order chi connectivity index (χ0) is 22.8. The van der Waals surface area contributed by atoms with Crippen molar-refractivity contribution in [2.24, 2.45) is 23.7 Å². The van der Waals surface area contributed by atoms with E-state index in [0.717, 1.165) is 44.9 Å². The highest BCUT2D eigenvalue weighted by atomic mass is 16.5. The fraction of sp³-hybridized carbons (Fsp3) is 0.792. The van der Waals surface area contributed by atoms with Gasteiger partial charge >= 0.3 is 5.97 Å². The van der Waals surface area contributed by atoms with Crippen LogP contribution in [0.2, 0.25) is 0 Å². The average Bonchev–Trinajstić information content (AvgIpc) is 3.05. The molecule has 176 valence electrons. The first-order valence-electron chi connectivity index (χ1n) is 12.1. The van der Waals surface area contributed by atoms with Crippen LogP contribution in [-0.4, -0.2) is 60.1 Å². The van der Waals surface area contributed by atoms with Crippen LogP contribution in [0.15, 0.2) is 12.2 Å². The summed E-state index contributed by atoms with van der Waals surface area (Å²) >= 11 is 0. The van der Waals surface area contributed by atoms with Gasteiger partial charge in [0.25, 0.3) is 0 Å². The molecule has 2 amide bonds. The molecular weight excluding hydrogens is 396 g/mol. The summed E-state index contributed by atoms with van der Waals surface area (Å²) in [7, 11) is 0. The van der Waals surface area contributed by atoms with Gasteiger partial charge in [0, 0.05) is 25.6 Å². The van der Waals surface area contributed by atoms with E-state index in [9.17, 15) is 14.4 Å². The van der Waals surface area contributed by atoms with Gasteiger partial charge in [-0.05, 0) is 38.5 Å². The zero-order valence-electron chi connectivity index (χ0n) is 19.3. The summed E-state index contributed by atoms with van der Waals surface area (Å²) in [5, 5.41) is 12.0. The minimum Gasteiger partial charge on any atom is -0.466 e. The first-order chi connectivity index (χ1) is 15.0. The molecule has 0 aromatic carbocycles. The minimum atomic E-state index is -0.585. The molecule has 2 aliphatic rings. The van der Waals surface area contributed by atoms with Gasteiger partial charge in [0.2, 0.25) is 11.8 Å². The van der Waals surface area contributed by atoms with Gasteiger partial charge < -0.3 is 20.1 Å². The third-order valence-electron chi connectivity index (χ3n) is 6.55. The SMILES string of the molecule is CCCCNC(=O)[C@@H]1[C@H]2C=C[C@@H](CC)[C@@H](C(=O)OCC)[C@H]2C(=O)N1CCCCCCO. The van der Waals surface area contributed by atoms with Gasteiger partial charge in [-0.25, -0.2) is 0 Å². The number of hydrogen-bond donors (Lipinski definition) is 2. The highest BCUT2D eigenvalue weighted by Crippen LogP contribution is 2.45. The second kappa shape index (κ2) is 12.8. The number of rotatable bonds is 13. The maximum absolute atomic E-state index is 13.5. The Balaban J connectivity index is 2.27. The van der Waals surface area contributed by atoms with E-state index in [1.807, 2.05) is 19.1 Å². The number of carbonyl (C=O) groups excluding carboxylic acids is 3. The molecule has 1 aliphatic carbocycles. The van der Waals surface area contributed by atoms with Crippen molar-refractivity contribution in [2.75, 3.05) is 26.3 Å². The van der Waals surface area contributed by atoms with Crippen molar-refractivity contribution in [3.63, 3.8) is 0 Å². The normalized spacial score (nSPS) is 27.3. The van der Waals surface area contributed by atoms with E-state index in [2.05, 4.69) is 12.2 Å². The Bertz CT molecular complexity index is 635. The van der Waals surface area contributed by atoms with Gasteiger partial charge in [0.1, 0.15) is 6.04 Å². The maximum Gasteiger partial charge on any atom is 0.310 e. The molecule has 0 aromatic heterocycles. The number of hydrogen-bond acceptors (Lipinski definition) is 5. The lowest BCUT2D eigenvalue weighted by Gasteiger charge is -2.33. The van der Waals surface area contributed by atoms with Crippen molar-refractivity contribution >= 4 is 17.8 Å². The summed E-state index contributed by atoms with van der Waals surface area (Å²) in [6, 6.07) is -0.585. The summed E-state index contributed by atoms with van der Waals surface area (Å²) in [6.07, 6.45) is 9.90. The summed E-state index contributed by atoms with van der Waals surface area (Å²) in [5.41, 5.74) is 0. The first-order valence-corrected chi connectivity index (χ1v) is 12.1. The Morgan fingerprint density at radius 2 is 1.84 bits per heavy atom. The number of nitrogens with one attached hydrogen (secondary N) is 1. The monoisotopic (exact) mass is 436 g/mol. The Hall–Kier alpha value is -1.89. The molecule has 7 nitrogen and oxygen atoms in total. The number of ether oxygens (including phenoxy) is 1. The molecule has 0 saturated carbocycles. The molecule has 7 heteroatoms. The van der Waals surface area contributed by atoms with Gasteiger partial charge in [0.05, 0.1) is 18.4 Å². The van der Waals surface area contributed by atoms with Crippen molar-refractivity contribution in [2.45, 2.75) is 71.8 Å². The van der Waals surface area contributed by atoms with E-state index in [-0.39, 0.29) is 42.8 Å². The van der Waals surface area contributed by atoms with Crippen LogP contribution in [0.1, 0.15) is 65.7 Å². The summed E-state index contributed by atoms with van der Waals surface area (Å²) in [5.74, 6) is -2.04. The van der Waals surface area contributed by atoms with E-state index in [1.54, 1.807) is 11.8 Å². The maximum atomic E-state index is 13.5. The largest absolute Gasteiger partial charge is 0.466 e. The van der Waals surface area contributed by atoms with Crippen LogP contribution >= 0.6 is 0 Å². The van der Waals surface area contributed by atoms with Crippen LogP contribution < -0.4 is 5.32 Å². The standard InChI is InChI=1S/C24H40N2O5/c1-4-7-14-25-22(28)21-18-13-12-17(5-2)19(24(30)31-6-3)20(18)23(29)26(21)15-10-8-9-11-16-27/h12-13,17-21,27H,4-11,14-16H2,1-3H3,(H,25,28)/t17-,18+,19-,20+,21+/m1/s1. The van der Waals surface area contributed by atoms with E-state index >= 15 is 0 Å². The van der Waals surface area contributed by atoms with Crippen LogP contribution in [0.25, 0.3) is 0 Å². The predicted octanol–water partition coefficient (Wildman–Crippen LogP) is 2.67. The molecule has 1 fully saturated rings. The molecule has 2 rings (SSSR count). The Labute approximate surface area is 186 Å². The van der Waals surface area contributed by atoms with E-state index in [0.29, 0.717) is 13.1 Å². The van der Waals surface area contributed by atoms with Gasteiger partial charge in [0.15, 0.2) is 0 Å². The van der Waals surface area contributed by atoms with Crippen molar-refractivity contribution in [1.82, 2.24) is 10.2 Å². The number of unbranched alkanes of at least 4 members (excludes halogenated alkanes) is 4. The van der Waals surface area contributed by atoms with Crippen molar-refractivity contribution in [3.8, 4) is 0 Å². The number of nitrogens with zero attached hydrogens (tertiary/aromatic N) is 1. The van der Waals surface area contributed by atoms with Gasteiger partial charge in [-0.2, -0.15) is 0 Å². The van der Waals surface area contributed by atoms with Crippen molar-refractivity contribution in [3.05, 3.63) is 12.2 Å². The molecule has 0 unspecified atom stereocenters. The Morgan fingerprint density at radius 1 is 1.10 bits per heavy atom. The molecule has 1 saturated heterocycles. The summed E-state index contributed by atoms with van der Waals surface area (Å²) < 4.78 is 5.34. The lowest BCUT2D eigenvalue weighted by atomic mass is 9.69. The van der Waals surface area contributed by atoms with E-state index in [1.165, 1.54) is 0 Å². The number of allylic oxidation sites excluding steroid dienone is 1. The van der Waals surface area contributed by atoms with Crippen LogP contribution in [0.4, 0.5) is 0 Å². The fourth-order valence-corrected chi connectivity index (χ4v) is 4.93. The van der Waals surface area contributed by atoms with Gasteiger partial charge in [-0.15, -0.1) is 0 Å². The topological polar surface area (TPSA) is 95.9 Å². The number of likely N-dealkylation sites (tertiary alicyclic amines) is 1.